The summed E-state index contributed by atoms with van der Waals surface area (Å²) in [6.45, 7) is 0. The molecule has 0 aliphatic carbocycles. The number of aliphatic hydroxyl groups excluding tert-OH is 2. The predicted molar refractivity (Wildman–Crippen MR) is 63.3 cm³/mol. The van der Waals surface area contributed by atoms with Gasteiger partial charge in [0.05, 0.1) is 6.10 Å². The maximum Gasteiger partial charge on any atom is 0.108 e. The zero-order valence-corrected chi connectivity index (χ0v) is 10.5. The van der Waals surface area contributed by atoms with E-state index in [4.69, 9.17) is 5.73 Å². The van der Waals surface area contributed by atoms with Gasteiger partial charge in [0.2, 0.25) is 0 Å². The van der Waals surface area contributed by atoms with Crippen LogP contribution in [-0.4, -0.2) is 21.6 Å². The maximum absolute atomic E-state index is 9.69. The Labute approximate surface area is 99.2 Å². The van der Waals surface area contributed by atoms with Gasteiger partial charge in [-0.2, -0.15) is 0 Å². The number of anilines is 1. The quantitative estimate of drug-likeness (QED) is 0.587. The molecular weight excluding hydrogens is 314 g/mol. The summed E-state index contributed by atoms with van der Waals surface area (Å²) in [6, 6.07) is 5.16. The van der Waals surface area contributed by atoms with Gasteiger partial charge in [0.1, 0.15) is 6.10 Å². The third-order valence-corrected chi connectivity index (χ3v) is 3.05. The molecule has 0 fully saturated rings. The van der Waals surface area contributed by atoms with Crippen molar-refractivity contribution in [3.8, 4) is 0 Å². The highest BCUT2D eigenvalue weighted by Gasteiger charge is 2.19. The Morgan fingerprint density at radius 1 is 1.36 bits per heavy atom. The van der Waals surface area contributed by atoms with Crippen molar-refractivity contribution in [3.05, 3.63) is 28.2 Å². The fraction of sp³-hybridized carbons (Fsp3) is 0.333. The summed E-state index contributed by atoms with van der Waals surface area (Å²) in [6.07, 6.45) is -1.80. The van der Waals surface area contributed by atoms with E-state index < -0.39 is 12.2 Å². The van der Waals surface area contributed by atoms with Gasteiger partial charge in [0.25, 0.3) is 0 Å². The lowest BCUT2D eigenvalue weighted by Gasteiger charge is -2.17. The first-order chi connectivity index (χ1) is 6.56. The number of nitrogen functional groups attached to an aromatic ring is 1. The number of hydrogen-bond acceptors (Lipinski definition) is 3. The van der Waals surface area contributed by atoms with Crippen LogP contribution in [0.3, 0.4) is 0 Å². The number of halogens is 2. The Bertz CT molecular complexity index is 320. The average Bonchev–Trinajstić information content (AvgIpc) is 2.15. The first kappa shape index (κ1) is 12.0. The number of aliphatic hydroxyl groups is 2. The van der Waals surface area contributed by atoms with Crippen LogP contribution in [0.2, 0.25) is 0 Å². The molecule has 2 unspecified atom stereocenters. The normalized spacial score (nSPS) is 15.1. The molecule has 0 aliphatic heterocycles. The Balaban J connectivity index is 2.95. The zero-order valence-electron chi connectivity index (χ0n) is 7.32. The molecule has 0 saturated heterocycles. The van der Waals surface area contributed by atoms with Crippen molar-refractivity contribution in [2.45, 2.75) is 12.2 Å². The van der Waals surface area contributed by atoms with Crippen molar-refractivity contribution in [2.75, 3.05) is 11.1 Å². The van der Waals surface area contributed by atoms with E-state index in [0.29, 0.717) is 16.6 Å². The smallest absolute Gasteiger partial charge is 0.108 e. The molecule has 78 valence electrons. The molecule has 0 bridgehead atoms. The lowest BCUT2D eigenvalue weighted by atomic mass is 10.0. The lowest BCUT2D eigenvalue weighted by Crippen LogP contribution is -2.20. The molecular formula is C9H11Br2NO2. The molecule has 2 atom stereocenters. The fourth-order valence-corrected chi connectivity index (χ4v) is 1.84. The van der Waals surface area contributed by atoms with E-state index in [1.54, 1.807) is 18.2 Å². The van der Waals surface area contributed by atoms with Crippen molar-refractivity contribution < 1.29 is 10.2 Å². The van der Waals surface area contributed by atoms with Crippen LogP contribution in [0.4, 0.5) is 5.69 Å². The second-order valence-corrected chi connectivity index (χ2v) is 4.50. The largest absolute Gasteiger partial charge is 0.398 e. The summed E-state index contributed by atoms with van der Waals surface area (Å²) in [5, 5.41) is 19.4. The third-order valence-electron chi connectivity index (χ3n) is 1.89. The fourth-order valence-electron chi connectivity index (χ4n) is 1.11. The van der Waals surface area contributed by atoms with Crippen LogP contribution >= 0.6 is 31.9 Å². The number of rotatable bonds is 3. The molecule has 1 rings (SSSR count). The van der Waals surface area contributed by atoms with Crippen molar-refractivity contribution >= 4 is 37.5 Å². The van der Waals surface area contributed by atoms with Gasteiger partial charge < -0.3 is 15.9 Å². The molecule has 1 aromatic carbocycles. The van der Waals surface area contributed by atoms with E-state index in [1.807, 2.05) is 0 Å². The van der Waals surface area contributed by atoms with Gasteiger partial charge in [-0.15, -0.1) is 0 Å². The molecule has 0 radical (unpaired) electrons. The molecule has 0 aliphatic rings. The average molecular weight is 325 g/mol. The monoisotopic (exact) mass is 323 g/mol. The molecule has 4 N–H and O–H groups in total. The van der Waals surface area contributed by atoms with Gasteiger partial charge in [0, 0.05) is 21.1 Å². The SMILES string of the molecule is Nc1cc(Br)ccc1C(O)C(O)CBr. The Kier molecular flexibility index (Phi) is 4.37. The zero-order chi connectivity index (χ0) is 10.7. The van der Waals surface area contributed by atoms with E-state index in [-0.39, 0.29) is 0 Å². The minimum absolute atomic E-state index is 0.309. The second kappa shape index (κ2) is 5.11. The highest BCUT2D eigenvalue weighted by Crippen LogP contribution is 2.26. The molecule has 3 nitrogen and oxygen atoms in total. The first-order valence-corrected chi connectivity index (χ1v) is 5.94. The standard InChI is InChI=1S/C9H11Br2NO2/c10-4-8(13)9(14)6-2-1-5(11)3-7(6)12/h1-3,8-9,13-14H,4,12H2. The summed E-state index contributed by atoms with van der Waals surface area (Å²) >= 11 is 6.36. The third kappa shape index (κ3) is 2.70. The highest BCUT2D eigenvalue weighted by molar-refractivity contribution is 9.10. The molecule has 1 aromatic rings. The lowest BCUT2D eigenvalue weighted by molar-refractivity contribution is 0.0347. The number of benzene rings is 1. The van der Waals surface area contributed by atoms with Gasteiger partial charge >= 0.3 is 0 Å². The molecule has 5 heteroatoms. The van der Waals surface area contributed by atoms with E-state index >= 15 is 0 Å². The minimum Gasteiger partial charge on any atom is -0.398 e. The van der Waals surface area contributed by atoms with Crippen LogP contribution in [0.5, 0.6) is 0 Å². The Morgan fingerprint density at radius 3 is 2.50 bits per heavy atom. The molecule has 0 heterocycles. The van der Waals surface area contributed by atoms with Crippen LogP contribution in [0.25, 0.3) is 0 Å². The summed E-state index contributed by atoms with van der Waals surface area (Å²) in [7, 11) is 0. The predicted octanol–water partition coefficient (Wildman–Crippen LogP) is 1.82. The number of hydrogen-bond donors (Lipinski definition) is 3. The second-order valence-electron chi connectivity index (χ2n) is 2.94. The van der Waals surface area contributed by atoms with Crippen LogP contribution in [-0.2, 0) is 0 Å². The van der Waals surface area contributed by atoms with Crippen LogP contribution in [0.1, 0.15) is 11.7 Å². The van der Waals surface area contributed by atoms with Gasteiger partial charge in [-0.25, -0.2) is 0 Å². The number of nitrogens with two attached hydrogens (primary N) is 1. The molecule has 0 amide bonds. The van der Waals surface area contributed by atoms with Crippen molar-refractivity contribution in [1.82, 2.24) is 0 Å². The van der Waals surface area contributed by atoms with E-state index in [9.17, 15) is 10.2 Å². The minimum atomic E-state index is -0.956. The molecule has 14 heavy (non-hydrogen) atoms. The molecule has 0 saturated carbocycles. The van der Waals surface area contributed by atoms with Gasteiger partial charge in [0.15, 0.2) is 0 Å². The van der Waals surface area contributed by atoms with Crippen LogP contribution in [0.15, 0.2) is 22.7 Å². The summed E-state index contributed by atoms with van der Waals surface area (Å²) < 4.78 is 0.847. The summed E-state index contributed by atoms with van der Waals surface area (Å²) in [4.78, 5) is 0. The van der Waals surface area contributed by atoms with Crippen molar-refractivity contribution in [3.63, 3.8) is 0 Å². The highest BCUT2D eigenvalue weighted by atomic mass is 79.9. The van der Waals surface area contributed by atoms with E-state index in [2.05, 4.69) is 31.9 Å². The topological polar surface area (TPSA) is 66.5 Å². The van der Waals surface area contributed by atoms with Gasteiger partial charge in [-0.3, -0.25) is 0 Å². The number of alkyl halides is 1. The van der Waals surface area contributed by atoms with E-state index in [1.165, 1.54) is 0 Å². The van der Waals surface area contributed by atoms with Crippen LogP contribution < -0.4 is 5.73 Å². The van der Waals surface area contributed by atoms with Crippen molar-refractivity contribution in [1.29, 1.82) is 0 Å². The van der Waals surface area contributed by atoms with Crippen molar-refractivity contribution in [2.24, 2.45) is 0 Å². The van der Waals surface area contributed by atoms with Gasteiger partial charge in [-0.1, -0.05) is 37.9 Å². The van der Waals surface area contributed by atoms with Crippen LogP contribution in [0, 0.1) is 0 Å². The maximum atomic E-state index is 9.69. The Hall–Kier alpha value is -0.100. The summed E-state index contributed by atoms with van der Waals surface area (Å²) in [5.41, 5.74) is 6.70. The molecule has 0 aromatic heterocycles. The van der Waals surface area contributed by atoms with Gasteiger partial charge in [-0.05, 0) is 12.1 Å². The summed E-state index contributed by atoms with van der Waals surface area (Å²) in [5.74, 6) is 0. The first-order valence-electron chi connectivity index (χ1n) is 4.03. The van der Waals surface area contributed by atoms with E-state index in [0.717, 1.165) is 4.47 Å². The Morgan fingerprint density at radius 2 is 2.00 bits per heavy atom. The molecule has 0 spiro atoms.